The fourth-order valence-electron chi connectivity index (χ4n) is 0.501. The van der Waals surface area contributed by atoms with E-state index < -0.39 is 0 Å². The first-order valence-electron chi connectivity index (χ1n) is 3.87. The van der Waals surface area contributed by atoms with Crippen molar-refractivity contribution in [2.45, 2.75) is 40.0 Å². The van der Waals surface area contributed by atoms with Gasteiger partial charge in [0.25, 0.3) is 0 Å². The third-order valence-corrected chi connectivity index (χ3v) is 1.51. The van der Waals surface area contributed by atoms with E-state index in [9.17, 15) is 0 Å². The second-order valence-electron chi connectivity index (χ2n) is 3.00. The van der Waals surface area contributed by atoms with Crippen molar-refractivity contribution in [3.05, 3.63) is 11.3 Å². The normalized spacial score (nSPS) is 10.3. The average molecular weight is 172 g/mol. The Hall–Kier alpha value is -0.440. The van der Waals surface area contributed by atoms with E-state index in [0.29, 0.717) is 0 Å². The minimum Gasteiger partial charge on any atom is -0.227 e. The fraction of sp³-hybridized carbons (Fsp3) is 0.750. The fourth-order valence-corrected chi connectivity index (χ4v) is 1.12. The molecular weight excluding hydrogens is 156 g/mol. The summed E-state index contributed by atoms with van der Waals surface area (Å²) in [5.74, 6) is 0.938. The largest absolute Gasteiger partial charge is 0.227 e. The number of hydrogen-bond acceptors (Lipinski definition) is 3. The summed E-state index contributed by atoms with van der Waals surface area (Å²) >= 11 is 1.41. The molecule has 0 aromatic carbocycles. The summed E-state index contributed by atoms with van der Waals surface area (Å²) < 4.78 is 4.12. The van der Waals surface area contributed by atoms with Crippen LogP contribution in [0.4, 0.5) is 0 Å². The Morgan fingerprint density at radius 1 is 1.27 bits per heavy atom. The Morgan fingerprint density at radius 2 is 1.82 bits per heavy atom. The molecule has 0 bridgehead atoms. The molecule has 3 heteroatoms. The van der Waals surface area contributed by atoms with Crippen molar-refractivity contribution in [2.24, 2.45) is 0 Å². The molecule has 0 aliphatic carbocycles. The molecule has 0 fully saturated rings. The lowest BCUT2D eigenvalue weighted by Crippen LogP contribution is -2.12. The highest BCUT2D eigenvalue weighted by molar-refractivity contribution is 7.03. The van der Waals surface area contributed by atoms with E-state index >= 15 is 0 Å². The molecule has 0 spiro atoms. The van der Waals surface area contributed by atoms with Crippen molar-refractivity contribution in [1.82, 2.24) is 9.36 Å². The Kier molecular flexibility index (Phi) is 4.26. The SMILES string of the molecule is CC.CC(C)(C)c1ncsn1. The van der Waals surface area contributed by atoms with Gasteiger partial charge in [-0.05, 0) is 11.5 Å². The van der Waals surface area contributed by atoms with Crippen molar-refractivity contribution in [3.8, 4) is 0 Å². The van der Waals surface area contributed by atoms with E-state index in [1.165, 1.54) is 11.5 Å². The van der Waals surface area contributed by atoms with Gasteiger partial charge in [0.2, 0.25) is 0 Å². The maximum Gasteiger partial charge on any atom is 0.147 e. The minimum atomic E-state index is 0.111. The summed E-state index contributed by atoms with van der Waals surface area (Å²) in [6, 6.07) is 0. The Morgan fingerprint density at radius 3 is 2.00 bits per heavy atom. The zero-order valence-corrected chi connectivity index (χ0v) is 8.70. The van der Waals surface area contributed by atoms with Crippen LogP contribution < -0.4 is 0 Å². The molecule has 1 aromatic rings. The topological polar surface area (TPSA) is 25.8 Å². The lowest BCUT2D eigenvalue weighted by Gasteiger charge is -2.11. The molecule has 0 saturated heterocycles. The van der Waals surface area contributed by atoms with Crippen LogP contribution in [0.3, 0.4) is 0 Å². The third-order valence-electron chi connectivity index (χ3n) is 1.03. The van der Waals surface area contributed by atoms with Gasteiger partial charge in [-0.3, -0.25) is 0 Å². The number of aromatic nitrogens is 2. The van der Waals surface area contributed by atoms with E-state index in [1.54, 1.807) is 5.51 Å². The molecule has 0 N–H and O–H groups in total. The first kappa shape index (κ1) is 10.6. The van der Waals surface area contributed by atoms with Crippen molar-refractivity contribution in [1.29, 1.82) is 0 Å². The Bertz CT molecular complexity index is 174. The molecule has 2 nitrogen and oxygen atoms in total. The van der Waals surface area contributed by atoms with E-state index in [2.05, 4.69) is 30.1 Å². The van der Waals surface area contributed by atoms with Crippen molar-refractivity contribution >= 4 is 11.5 Å². The molecule has 0 atom stereocenters. The van der Waals surface area contributed by atoms with Gasteiger partial charge in [-0.1, -0.05) is 34.6 Å². The monoisotopic (exact) mass is 172 g/mol. The second-order valence-corrected chi connectivity index (χ2v) is 3.61. The maximum atomic E-state index is 4.12. The number of rotatable bonds is 0. The highest BCUT2D eigenvalue weighted by Crippen LogP contribution is 2.17. The molecule has 0 amide bonds. The summed E-state index contributed by atoms with van der Waals surface area (Å²) in [5, 5.41) is 0. The third kappa shape index (κ3) is 3.46. The first-order chi connectivity index (χ1) is 5.11. The number of hydrogen-bond donors (Lipinski definition) is 0. The molecule has 1 rings (SSSR count). The molecule has 0 radical (unpaired) electrons. The van der Waals surface area contributed by atoms with Gasteiger partial charge in [0.05, 0.1) is 0 Å². The minimum absolute atomic E-state index is 0.111. The summed E-state index contributed by atoms with van der Waals surface area (Å²) in [4.78, 5) is 4.09. The van der Waals surface area contributed by atoms with E-state index in [1.807, 2.05) is 13.8 Å². The van der Waals surface area contributed by atoms with E-state index in [0.717, 1.165) is 5.82 Å². The second kappa shape index (κ2) is 4.44. The van der Waals surface area contributed by atoms with Gasteiger partial charge in [-0.15, -0.1) is 0 Å². The van der Waals surface area contributed by atoms with Gasteiger partial charge in [-0.25, -0.2) is 4.98 Å². The van der Waals surface area contributed by atoms with Gasteiger partial charge >= 0.3 is 0 Å². The zero-order valence-electron chi connectivity index (χ0n) is 7.88. The molecule has 1 aromatic heterocycles. The summed E-state index contributed by atoms with van der Waals surface area (Å²) in [6.07, 6.45) is 0. The van der Waals surface area contributed by atoms with Crippen LogP contribution >= 0.6 is 11.5 Å². The summed E-state index contributed by atoms with van der Waals surface area (Å²) in [6.45, 7) is 10.3. The van der Waals surface area contributed by atoms with Crippen molar-refractivity contribution in [2.75, 3.05) is 0 Å². The Balaban J connectivity index is 0.000000461. The molecule has 0 unspecified atom stereocenters. The van der Waals surface area contributed by atoms with Crippen molar-refractivity contribution < 1.29 is 0 Å². The summed E-state index contributed by atoms with van der Waals surface area (Å²) in [5.41, 5.74) is 1.88. The molecule has 1 heterocycles. The lowest BCUT2D eigenvalue weighted by molar-refractivity contribution is 0.555. The van der Waals surface area contributed by atoms with E-state index in [-0.39, 0.29) is 5.41 Å². The molecule has 0 aliphatic heterocycles. The predicted octanol–water partition coefficient (Wildman–Crippen LogP) is 2.86. The van der Waals surface area contributed by atoms with Crippen LogP contribution in [0.2, 0.25) is 0 Å². The van der Waals surface area contributed by atoms with Crippen LogP contribution in [-0.4, -0.2) is 9.36 Å². The van der Waals surface area contributed by atoms with Crippen LogP contribution in [0, 0.1) is 0 Å². The smallest absolute Gasteiger partial charge is 0.147 e. The van der Waals surface area contributed by atoms with Gasteiger partial charge in [-0.2, -0.15) is 4.37 Å². The molecular formula is C8H16N2S. The van der Waals surface area contributed by atoms with E-state index in [4.69, 9.17) is 0 Å². The van der Waals surface area contributed by atoms with Crippen LogP contribution in [0.25, 0.3) is 0 Å². The quantitative estimate of drug-likeness (QED) is 0.601. The molecule has 0 saturated carbocycles. The summed E-state index contributed by atoms with van der Waals surface area (Å²) in [7, 11) is 0. The number of nitrogens with zero attached hydrogens (tertiary/aromatic N) is 2. The van der Waals surface area contributed by atoms with Gasteiger partial charge in [0.1, 0.15) is 11.3 Å². The van der Waals surface area contributed by atoms with Crippen LogP contribution in [0.1, 0.15) is 40.4 Å². The van der Waals surface area contributed by atoms with Gasteiger partial charge in [0, 0.05) is 5.41 Å². The van der Waals surface area contributed by atoms with Crippen LogP contribution in [-0.2, 0) is 5.41 Å². The molecule has 11 heavy (non-hydrogen) atoms. The zero-order chi connectivity index (χ0) is 8.91. The average Bonchev–Trinajstić information content (AvgIpc) is 2.40. The van der Waals surface area contributed by atoms with Crippen LogP contribution in [0.15, 0.2) is 5.51 Å². The predicted molar refractivity (Wildman–Crippen MR) is 50.0 cm³/mol. The van der Waals surface area contributed by atoms with Crippen molar-refractivity contribution in [3.63, 3.8) is 0 Å². The van der Waals surface area contributed by atoms with Gasteiger partial charge in [0.15, 0.2) is 0 Å². The highest BCUT2D eigenvalue weighted by Gasteiger charge is 2.16. The lowest BCUT2D eigenvalue weighted by atomic mass is 9.96. The highest BCUT2D eigenvalue weighted by atomic mass is 32.1. The standard InChI is InChI=1S/C6H10N2S.C2H6/c1-6(2,3)5-7-4-9-8-5;1-2/h4H,1-3H3;1-2H3. The maximum absolute atomic E-state index is 4.12. The molecule has 0 aliphatic rings. The van der Waals surface area contributed by atoms with Crippen LogP contribution in [0.5, 0.6) is 0 Å². The first-order valence-corrected chi connectivity index (χ1v) is 4.71. The Labute approximate surface area is 72.8 Å². The van der Waals surface area contributed by atoms with Gasteiger partial charge < -0.3 is 0 Å². The molecule has 64 valence electrons.